The van der Waals surface area contributed by atoms with Gasteiger partial charge >= 0.3 is 0 Å². The first kappa shape index (κ1) is 9.47. The van der Waals surface area contributed by atoms with Gasteiger partial charge in [-0.2, -0.15) is 0 Å². The minimum Gasteiger partial charge on any atom is -0.391 e. The fourth-order valence-corrected chi connectivity index (χ4v) is 2.81. The first-order chi connectivity index (χ1) is 6.38. The summed E-state index contributed by atoms with van der Waals surface area (Å²) in [5, 5.41) is 13.5. The summed E-state index contributed by atoms with van der Waals surface area (Å²) < 4.78 is 0. The molecule has 2 atom stereocenters. The van der Waals surface area contributed by atoms with Gasteiger partial charge < -0.3 is 10.4 Å². The van der Waals surface area contributed by atoms with Crippen LogP contribution in [-0.2, 0) is 0 Å². The number of aliphatic hydroxyl groups is 1. The first-order valence-electron chi connectivity index (χ1n) is 5.79. The summed E-state index contributed by atoms with van der Waals surface area (Å²) in [5.41, 5.74) is 0. The molecule has 0 amide bonds. The molecule has 0 aromatic heterocycles. The second kappa shape index (κ2) is 4.43. The van der Waals surface area contributed by atoms with E-state index < -0.39 is 0 Å². The lowest BCUT2D eigenvalue weighted by atomic mass is 9.82. The van der Waals surface area contributed by atoms with E-state index in [0.29, 0.717) is 12.0 Å². The Morgan fingerprint density at radius 2 is 1.77 bits per heavy atom. The molecule has 1 aliphatic carbocycles. The maximum Gasteiger partial charge on any atom is 0.0721 e. The molecule has 13 heavy (non-hydrogen) atoms. The van der Waals surface area contributed by atoms with Crippen LogP contribution in [0.25, 0.3) is 0 Å². The molecule has 76 valence electrons. The summed E-state index contributed by atoms with van der Waals surface area (Å²) in [6, 6.07) is 0.406. The molecule has 0 spiro atoms. The maximum atomic E-state index is 10.1. The molecule has 1 saturated carbocycles. The molecule has 2 N–H and O–H groups in total. The van der Waals surface area contributed by atoms with Crippen molar-refractivity contribution in [2.24, 2.45) is 5.92 Å². The lowest BCUT2D eigenvalue weighted by Gasteiger charge is -2.30. The molecule has 2 fully saturated rings. The highest BCUT2D eigenvalue weighted by molar-refractivity contribution is 4.86. The van der Waals surface area contributed by atoms with E-state index in [0.717, 1.165) is 6.54 Å². The van der Waals surface area contributed by atoms with Crippen LogP contribution in [0.15, 0.2) is 0 Å². The second-order valence-corrected chi connectivity index (χ2v) is 4.59. The average Bonchev–Trinajstić information content (AvgIpc) is 2.71. The molecule has 0 aromatic rings. The van der Waals surface area contributed by atoms with E-state index in [1.54, 1.807) is 0 Å². The van der Waals surface area contributed by atoms with Crippen LogP contribution in [0, 0.1) is 5.92 Å². The van der Waals surface area contributed by atoms with Gasteiger partial charge in [0, 0.05) is 6.04 Å². The van der Waals surface area contributed by atoms with Crippen molar-refractivity contribution in [3.05, 3.63) is 0 Å². The van der Waals surface area contributed by atoms with Gasteiger partial charge in [-0.1, -0.05) is 19.3 Å². The Morgan fingerprint density at radius 1 is 1.00 bits per heavy atom. The van der Waals surface area contributed by atoms with E-state index in [2.05, 4.69) is 5.32 Å². The van der Waals surface area contributed by atoms with Crippen molar-refractivity contribution in [1.82, 2.24) is 5.32 Å². The molecular formula is C11H21NO. The summed E-state index contributed by atoms with van der Waals surface area (Å²) in [7, 11) is 0. The van der Waals surface area contributed by atoms with Gasteiger partial charge in [0.2, 0.25) is 0 Å². The van der Waals surface area contributed by atoms with Gasteiger partial charge in [-0.15, -0.1) is 0 Å². The van der Waals surface area contributed by atoms with E-state index in [1.165, 1.54) is 44.9 Å². The number of aliphatic hydroxyl groups excluding tert-OH is 1. The summed E-state index contributed by atoms with van der Waals surface area (Å²) in [6.07, 6.45) is 8.89. The Balaban J connectivity index is 1.83. The highest BCUT2D eigenvalue weighted by atomic mass is 16.3. The van der Waals surface area contributed by atoms with Gasteiger partial charge in [-0.3, -0.25) is 0 Å². The largest absolute Gasteiger partial charge is 0.391 e. The summed E-state index contributed by atoms with van der Waals surface area (Å²) in [4.78, 5) is 0. The van der Waals surface area contributed by atoms with E-state index in [9.17, 15) is 5.11 Å². The molecule has 1 aliphatic heterocycles. The third kappa shape index (κ3) is 2.23. The van der Waals surface area contributed by atoms with Crippen LogP contribution in [0.5, 0.6) is 0 Å². The van der Waals surface area contributed by atoms with Gasteiger partial charge in [-0.25, -0.2) is 0 Å². The molecule has 0 aromatic carbocycles. The Hall–Kier alpha value is -0.0800. The molecule has 2 nitrogen and oxygen atoms in total. The van der Waals surface area contributed by atoms with Crippen molar-refractivity contribution in [3.8, 4) is 0 Å². The fraction of sp³-hybridized carbons (Fsp3) is 1.00. The van der Waals surface area contributed by atoms with E-state index >= 15 is 0 Å². The Bertz CT molecular complexity index is 148. The number of nitrogens with one attached hydrogen (secondary N) is 1. The molecule has 2 rings (SSSR count). The van der Waals surface area contributed by atoms with Crippen LogP contribution >= 0.6 is 0 Å². The zero-order valence-corrected chi connectivity index (χ0v) is 8.34. The lowest BCUT2D eigenvalue weighted by Crippen LogP contribution is -2.40. The third-order valence-electron chi connectivity index (χ3n) is 3.64. The molecule has 2 heteroatoms. The Labute approximate surface area is 80.7 Å². The smallest absolute Gasteiger partial charge is 0.0721 e. The van der Waals surface area contributed by atoms with E-state index in [4.69, 9.17) is 0 Å². The van der Waals surface area contributed by atoms with Crippen molar-refractivity contribution < 1.29 is 5.11 Å². The van der Waals surface area contributed by atoms with Crippen LogP contribution < -0.4 is 5.32 Å². The normalized spacial score (nSPS) is 33.5. The van der Waals surface area contributed by atoms with Gasteiger partial charge in [0.05, 0.1) is 6.10 Å². The highest BCUT2D eigenvalue weighted by Gasteiger charge is 2.30. The van der Waals surface area contributed by atoms with Crippen molar-refractivity contribution in [3.63, 3.8) is 0 Å². The topological polar surface area (TPSA) is 32.3 Å². The average molecular weight is 183 g/mol. The Kier molecular flexibility index (Phi) is 3.23. The molecule has 2 aliphatic rings. The zero-order valence-electron chi connectivity index (χ0n) is 8.34. The summed E-state index contributed by atoms with van der Waals surface area (Å²) in [5.74, 6) is 0.587. The molecule has 0 radical (unpaired) electrons. The summed E-state index contributed by atoms with van der Waals surface area (Å²) >= 11 is 0. The van der Waals surface area contributed by atoms with Crippen molar-refractivity contribution >= 4 is 0 Å². The number of hydrogen-bond acceptors (Lipinski definition) is 2. The third-order valence-corrected chi connectivity index (χ3v) is 3.64. The van der Waals surface area contributed by atoms with Crippen LogP contribution in [-0.4, -0.2) is 23.8 Å². The second-order valence-electron chi connectivity index (χ2n) is 4.59. The molecular weight excluding hydrogens is 162 g/mol. The SMILES string of the molecule is OC(C1CCCCC1)[C@@H]1CCCN1. The summed E-state index contributed by atoms with van der Waals surface area (Å²) in [6.45, 7) is 1.11. The molecule has 1 saturated heterocycles. The van der Waals surface area contributed by atoms with Crippen molar-refractivity contribution in [2.75, 3.05) is 6.54 Å². The van der Waals surface area contributed by atoms with Crippen molar-refractivity contribution in [2.45, 2.75) is 57.1 Å². The van der Waals surface area contributed by atoms with Crippen LogP contribution in [0.4, 0.5) is 0 Å². The van der Waals surface area contributed by atoms with Gasteiger partial charge in [0.1, 0.15) is 0 Å². The monoisotopic (exact) mass is 183 g/mol. The first-order valence-corrected chi connectivity index (χ1v) is 5.79. The minimum absolute atomic E-state index is 0.0669. The quantitative estimate of drug-likeness (QED) is 0.682. The minimum atomic E-state index is -0.0669. The number of rotatable bonds is 2. The lowest BCUT2D eigenvalue weighted by molar-refractivity contribution is 0.0561. The van der Waals surface area contributed by atoms with Gasteiger partial charge in [0.15, 0.2) is 0 Å². The number of hydrogen-bond donors (Lipinski definition) is 2. The van der Waals surface area contributed by atoms with E-state index in [1.807, 2.05) is 0 Å². The van der Waals surface area contributed by atoms with Crippen LogP contribution in [0.3, 0.4) is 0 Å². The van der Waals surface area contributed by atoms with Crippen molar-refractivity contribution in [1.29, 1.82) is 0 Å². The van der Waals surface area contributed by atoms with Crippen LogP contribution in [0.1, 0.15) is 44.9 Å². The predicted molar refractivity (Wildman–Crippen MR) is 53.6 cm³/mol. The fourth-order valence-electron chi connectivity index (χ4n) is 2.81. The maximum absolute atomic E-state index is 10.1. The zero-order chi connectivity index (χ0) is 9.10. The van der Waals surface area contributed by atoms with E-state index in [-0.39, 0.29) is 6.10 Å². The standard InChI is InChI=1S/C11H21NO/c13-11(10-7-4-8-12-10)9-5-2-1-3-6-9/h9-13H,1-8H2/t10-,11?/m0/s1. The molecule has 0 bridgehead atoms. The van der Waals surface area contributed by atoms with Crippen LogP contribution in [0.2, 0.25) is 0 Å². The molecule has 1 unspecified atom stereocenters. The van der Waals surface area contributed by atoms with Gasteiger partial charge in [-0.05, 0) is 38.1 Å². The predicted octanol–water partition coefficient (Wildman–Crippen LogP) is 1.68. The Morgan fingerprint density at radius 3 is 2.38 bits per heavy atom. The molecule has 1 heterocycles. The van der Waals surface area contributed by atoms with Gasteiger partial charge in [0.25, 0.3) is 0 Å². The highest BCUT2D eigenvalue weighted by Crippen LogP contribution is 2.29.